The molecular weight excluding hydrogens is 375 g/mol. The lowest BCUT2D eigenvalue weighted by Gasteiger charge is -2.18. The molecule has 0 radical (unpaired) electrons. The van der Waals surface area contributed by atoms with Crippen molar-refractivity contribution < 1.29 is 23.5 Å². The number of carbonyl (C=O) groups excluding carboxylic acids is 2. The molecule has 2 aromatic carbocycles. The molecule has 154 valence electrons. The van der Waals surface area contributed by atoms with Crippen molar-refractivity contribution >= 4 is 11.8 Å². The van der Waals surface area contributed by atoms with Gasteiger partial charge in [0.1, 0.15) is 11.6 Å². The number of halogens is 1. The van der Waals surface area contributed by atoms with E-state index in [4.69, 9.17) is 9.47 Å². The Labute approximate surface area is 169 Å². The number of methoxy groups -OCH3 is 2. The predicted molar refractivity (Wildman–Crippen MR) is 106 cm³/mol. The molecule has 1 saturated heterocycles. The maximum Gasteiger partial charge on any atom is 0.254 e. The Morgan fingerprint density at radius 1 is 1.14 bits per heavy atom. The highest BCUT2D eigenvalue weighted by Gasteiger charge is 2.40. The van der Waals surface area contributed by atoms with Crippen LogP contribution < -0.4 is 10.1 Å². The van der Waals surface area contributed by atoms with E-state index >= 15 is 0 Å². The Hall–Kier alpha value is -2.93. The zero-order chi connectivity index (χ0) is 20.8. The number of nitrogens with zero attached hydrogens (tertiary/aromatic N) is 1. The van der Waals surface area contributed by atoms with Crippen LogP contribution in [0.3, 0.4) is 0 Å². The van der Waals surface area contributed by atoms with Crippen LogP contribution in [0.25, 0.3) is 0 Å². The molecule has 29 heavy (non-hydrogen) atoms. The fourth-order valence-electron chi connectivity index (χ4n) is 3.66. The predicted octanol–water partition coefficient (Wildman–Crippen LogP) is 2.45. The van der Waals surface area contributed by atoms with Gasteiger partial charge in [0.05, 0.1) is 19.6 Å². The third kappa shape index (κ3) is 4.92. The van der Waals surface area contributed by atoms with Gasteiger partial charge < -0.3 is 19.7 Å². The Kier molecular flexibility index (Phi) is 6.82. The molecular formula is C22H25FN2O4. The molecule has 1 aliphatic rings. The summed E-state index contributed by atoms with van der Waals surface area (Å²) in [5.41, 5.74) is 1.20. The van der Waals surface area contributed by atoms with E-state index in [1.165, 1.54) is 12.1 Å². The van der Waals surface area contributed by atoms with Crippen molar-refractivity contribution in [2.45, 2.75) is 5.92 Å². The molecule has 1 N–H and O–H groups in total. The number of nitrogens with one attached hydrogen (secondary N) is 1. The summed E-state index contributed by atoms with van der Waals surface area (Å²) in [6.45, 7) is 1.37. The number of hydrogen-bond donors (Lipinski definition) is 1. The van der Waals surface area contributed by atoms with Gasteiger partial charge in [0, 0.05) is 38.2 Å². The van der Waals surface area contributed by atoms with E-state index in [0.717, 1.165) is 0 Å². The van der Waals surface area contributed by atoms with Crippen LogP contribution >= 0.6 is 0 Å². The van der Waals surface area contributed by atoms with Gasteiger partial charge in [-0.05, 0) is 35.9 Å². The van der Waals surface area contributed by atoms with Gasteiger partial charge in [-0.15, -0.1) is 0 Å². The second kappa shape index (κ2) is 9.52. The van der Waals surface area contributed by atoms with Crippen LogP contribution in [-0.2, 0) is 9.53 Å². The van der Waals surface area contributed by atoms with Crippen molar-refractivity contribution in [3.8, 4) is 5.75 Å². The van der Waals surface area contributed by atoms with E-state index in [9.17, 15) is 14.0 Å². The van der Waals surface area contributed by atoms with E-state index in [1.54, 1.807) is 55.5 Å². The molecule has 1 heterocycles. The van der Waals surface area contributed by atoms with Gasteiger partial charge in [-0.1, -0.05) is 18.2 Å². The summed E-state index contributed by atoms with van der Waals surface area (Å²) < 4.78 is 24.0. The van der Waals surface area contributed by atoms with Gasteiger partial charge in [-0.25, -0.2) is 4.39 Å². The summed E-state index contributed by atoms with van der Waals surface area (Å²) in [7, 11) is 3.10. The Morgan fingerprint density at radius 3 is 2.66 bits per heavy atom. The van der Waals surface area contributed by atoms with Gasteiger partial charge in [0.2, 0.25) is 5.91 Å². The number of carbonyl (C=O) groups is 2. The number of amides is 2. The van der Waals surface area contributed by atoms with Gasteiger partial charge in [-0.3, -0.25) is 9.59 Å². The highest BCUT2D eigenvalue weighted by molar-refractivity contribution is 5.95. The van der Waals surface area contributed by atoms with Crippen LogP contribution in [0.2, 0.25) is 0 Å². The van der Waals surface area contributed by atoms with Crippen molar-refractivity contribution in [1.82, 2.24) is 10.2 Å². The zero-order valence-electron chi connectivity index (χ0n) is 16.6. The molecule has 0 bridgehead atoms. The largest absolute Gasteiger partial charge is 0.497 e. The molecule has 2 amide bonds. The van der Waals surface area contributed by atoms with Crippen molar-refractivity contribution in [3.05, 3.63) is 65.5 Å². The smallest absolute Gasteiger partial charge is 0.254 e. The van der Waals surface area contributed by atoms with E-state index in [1.807, 2.05) is 0 Å². The van der Waals surface area contributed by atoms with E-state index in [-0.39, 0.29) is 30.1 Å². The Morgan fingerprint density at radius 2 is 1.93 bits per heavy atom. The van der Waals surface area contributed by atoms with Crippen molar-refractivity contribution in [1.29, 1.82) is 0 Å². The number of ether oxygens (including phenoxy) is 2. The fourth-order valence-corrected chi connectivity index (χ4v) is 3.66. The van der Waals surface area contributed by atoms with Crippen LogP contribution in [0.15, 0.2) is 48.5 Å². The SMILES string of the molecule is COCCNC(=O)[C@@H]1CN(C(=O)c2cccc(OC)c2)C[C@@H]1c1cccc(F)c1. The molecule has 3 rings (SSSR count). The number of rotatable bonds is 7. The van der Waals surface area contributed by atoms with Crippen molar-refractivity contribution in [2.24, 2.45) is 5.92 Å². The monoisotopic (exact) mass is 400 g/mol. The van der Waals surface area contributed by atoms with Gasteiger partial charge >= 0.3 is 0 Å². The maximum absolute atomic E-state index is 13.8. The van der Waals surface area contributed by atoms with Crippen LogP contribution in [-0.4, -0.2) is 57.2 Å². The summed E-state index contributed by atoms with van der Waals surface area (Å²) >= 11 is 0. The van der Waals surface area contributed by atoms with E-state index in [0.29, 0.717) is 36.6 Å². The van der Waals surface area contributed by atoms with Gasteiger partial charge in [0.25, 0.3) is 5.91 Å². The van der Waals surface area contributed by atoms with E-state index in [2.05, 4.69) is 5.32 Å². The normalized spacial score (nSPS) is 18.5. The zero-order valence-corrected chi connectivity index (χ0v) is 16.6. The summed E-state index contributed by atoms with van der Waals surface area (Å²) in [4.78, 5) is 27.5. The minimum atomic E-state index is -0.469. The van der Waals surface area contributed by atoms with E-state index < -0.39 is 5.92 Å². The molecule has 6 nitrogen and oxygen atoms in total. The average Bonchev–Trinajstić information content (AvgIpc) is 3.19. The average molecular weight is 400 g/mol. The number of likely N-dealkylation sites (tertiary alicyclic amines) is 1. The third-order valence-corrected chi connectivity index (χ3v) is 5.14. The molecule has 2 aromatic rings. The van der Waals surface area contributed by atoms with Crippen LogP contribution in [0, 0.1) is 11.7 Å². The summed E-state index contributed by atoms with van der Waals surface area (Å²) in [6.07, 6.45) is 0. The molecule has 7 heteroatoms. The highest BCUT2D eigenvalue weighted by Crippen LogP contribution is 2.34. The summed E-state index contributed by atoms with van der Waals surface area (Å²) in [5.74, 6) is -0.884. The molecule has 0 unspecified atom stereocenters. The molecule has 0 aliphatic carbocycles. The maximum atomic E-state index is 13.8. The molecule has 2 atom stereocenters. The lowest BCUT2D eigenvalue weighted by atomic mass is 9.88. The summed E-state index contributed by atoms with van der Waals surface area (Å²) in [5, 5.41) is 2.84. The fraction of sp³-hybridized carbons (Fsp3) is 0.364. The number of benzene rings is 2. The lowest BCUT2D eigenvalue weighted by Crippen LogP contribution is -2.37. The first-order chi connectivity index (χ1) is 14.0. The summed E-state index contributed by atoms with van der Waals surface area (Å²) in [6, 6.07) is 13.1. The van der Waals surface area contributed by atoms with Crippen molar-refractivity contribution in [3.63, 3.8) is 0 Å². The molecule has 1 fully saturated rings. The Balaban J connectivity index is 1.83. The molecule has 0 aromatic heterocycles. The second-order valence-corrected chi connectivity index (χ2v) is 6.99. The minimum Gasteiger partial charge on any atom is -0.497 e. The van der Waals surface area contributed by atoms with Crippen LogP contribution in [0.1, 0.15) is 21.8 Å². The molecule has 0 saturated carbocycles. The Bertz CT molecular complexity index is 873. The van der Waals surface area contributed by atoms with Crippen LogP contribution in [0.5, 0.6) is 5.75 Å². The second-order valence-electron chi connectivity index (χ2n) is 6.99. The first-order valence-corrected chi connectivity index (χ1v) is 9.49. The van der Waals surface area contributed by atoms with Crippen LogP contribution in [0.4, 0.5) is 4.39 Å². The molecule has 1 aliphatic heterocycles. The highest BCUT2D eigenvalue weighted by atomic mass is 19.1. The van der Waals surface area contributed by atoms with Gasteiger partial charge in [-0.2, -0.15) is 0 Å². The van der Waals surface area contributed by atoms with Gasteiger partial charge in [0.15, 0.2) is 0 Å². The quantitative estimate of drug-likeness (QED) is 0.725. The molecule has 0 spiro atoms. The van der Waals surface area contributed by atoms with Crippen molar-refractivity contribution in [2.75, 3.05) is 40.5 Å². The third-order valence-electron chi connectivity index (χ3n) is 5.14. The standard InChI is InChI=1S/C22H25FN2O4/c1-28-10-9-24-21(26)20-14-25(13-19(20)15-5-3-7-17(23)11-15)22(27)16-6-4-8-18(12-16)29-2/h3-8,11-12,19-20H,9-10,13-14H2,1-2H3,(H,24,26)/t19-,20-/m1/s1. The topological polar surface area (TPSA) is 67.9 Å². The first-order valence-electron chi connectivity index (χ1n) is 9.49. The minimum absolute atomic E-state index is 0.169. The number of hydrogen-bond acceptors (Lipinski definition) is 4. The lowest BCUT2D eigenvalue weighted by molar-refractivity contribution is -0.125. The first kappa shape index (κ1) is 20.8.